The molecule has 0 radical (unpaired) electrons. The lowest BCUT2D eigenvalue weighted by molar-refractivity contribution is -0.366. The van der Waals surface area contributed by atoms with Crippen molar-refractivity contribution >= 4 is 5.97 Å². The van der Waals surface area contributed by atoms with E-state index in [0.717, 1.165) is 37.7 Å². The third-order valence-corrected chi connectivity index (χ3v) is 15.9. The third-order valence-electron chi connectivity index (χ3n) is 15.9. The molecule has 0 aromatic carbocycles. The van der Waals surface area contributed by atoms with Crippen LogP contribution in [0.1, 0.15) is 99.3 Å². The fraction of sp³-hybridized carbons (Fsp3) is 0.878. The normalized spacial score (nSPS) is 51.6. The Bertz CT molecular complexity index is 1480. The number of ether oxygens (including phenoxy) is 5. The third kappa shape index (κ3) is 5.85. The first-order valence-electron chi connectivity index (χ1n) is 20.1. The van der Waals surface area contributed by atoms with E-state index in [0.29, 0.717) is 25.7 Å². The van der Waals surface area contributed by atoms with Crippen molar-refractivity contribution in [2.75, 3.05) is 13.2 Å². The zero-order valence-electron chi connectivity index (χ0n) is 32.7. The highest BCUT2D eigenvalue weighted by Gasteiger charge is 2.77. The molecule has 0 bridgehead atoms. The summed E-state index contributed by atoms with van der Waals surface area (Å²) in [5, 5.41) is 74.0. The fourth-order valence-corrected chi connectivity index (χ4v) is 12.7. The van der Waals surface area contributed by atoms with E-state index in [-0.39, 0.29) is 52.7 Å². The standard InChI is InChI=1S/C41H64O13/c1-20(2)8-11-27(44)40(7)26-13-16-39(6)22-9-10-25-37(3,4)28(14-15-38(25,5)21(22)12-17-41(26,39)36(49)54-40)52-35-33(29(45)23(43)19-50-35)53-34-32(48)31(47)30(46)24(18-42)51-34/h9,21,23-35,42-48H,1,8,10-19H2,2-7H3. The molecule has 4 aliphatic carbocycles. The maximum atomic E-state index is 14.2. The average molecular weight is 765 g/mol. The van der Waals surface area contributed by atoms with Crippen molar-refractivity contribution in [3.8, 4) is 0 Å². The van der Waals surface area contributed by atoms with Gasteiger partial charge >= 0.3 is 5.97 Å². The lowest BCUT2D eigenvalue weighted by Gasteiger charge is -2.64. The Morgan fingerprint density at radius 1 is 0.926 bits per heavy atom. The summed E-state index contributed by atoms with van der Waals surface area (Å²) in [4.78, 5) is 14.2. The Hall–Kier alpha value is -1.49. The van der Waals surface area contributed by atoms with Crippen LogP contribution in [0.4, 0.5) is 0 Å². The molecule has 54 heavy (non-hydrogen) atoms. The predicted octanol–water partition coefficient (Wildman–Crippen LogP) is 2.25. The number of carbonyl (C=O) groups is 1. The minimum atomic E-state index is -1.71. The molecule has 1 spiro atoms. The zero-order chi connectivity index (χ0) is 39.3. The van der Waals surface area contributed by atoms with Gasteiger partial charge in [-0.1, -0.05) is 44.9 Å². The number of allylic oxidation sites excluding steroid dienone is 3. The highest BCUT2D eigenvalue weighted by atomic mass is 16.8. The number of hydrogen-bond acceptors (Lipinski definition) is 13. The Morgan fingerprint density at radius 3 is 2.33 bits per heavy atom. The van der Waals surface area contributed by atoms with E-state index >= 15 is 0 Å². The fourth-order valence-electron chi connectivity index (χ4n) is 12.7. The van der Waals surface area contributed by atoms with E-state index in [1.165, 1.54) is 5.57 Å². The van der Waals surface area contributed by atoms with Crippen molar-refractivity contribution in [2.24, 2.45) is 39.4 Å². The lowest BCUT2D eigenvalue weighted by atomic mass is 9.40. The minimum absolute atomic E-state index is 0.0712. The Balaban J connectivity index is 1.11. The number of aliphatic hydroxyl groups is 7. The van der Waals surface area contributed by atoms with Crippen LogP contribution >= 0.6 is 0 Å². The second-order valence-electron chi connectivity index (χ2n) is 19.1. The van der Waals surface area contributed by atoms with Gasteiger partial charge in [-0.05, 0) is 94.3 Å². The summed E-state index contributed by atoms with van der Waals surface area (Å²) < 4.78 is 30.4. The molecular formula is C41H64O13. The summed E-state index contributed by atoms with van der Waals surface area (Å²) in [6.45, 7) is 16.1. The summed E-state index contributed by atoms with van der Waals surface area (Å²) in [6.07, 6.45) is -4.95. The molecule has 7 aliphatic rings. The average Bonchev–Trinajstić information content (AvgIpc) is 3.57. The first-order chi connectivity index (χ1) is 25.3. The van der Waals surface area contributed by atoms with Crippen LogP contribution < -0.4 is 0 Å². The van der Waals surface area contributed by atoms with Gasteiger partial charge in [-0.3, -0.25) is 4.79 Å². The van der Waals surface area contributed by atoms with Crippen LogP contribution in [0.5, 0.6) is 0 Å². The van der Waals surface area contributed by atoms with Gasteiger partial charge in [-0.2, -0.15) is 0 Å². The molecule has 306 valence electrons. The summed E-state index contributed by atoms with van der Waals surface area (Å²) in [5.74, 6) is 0.219. The molecule has 6 fully saturated rings. The van der Waals surface area contributed by atoms with Gasteiger partial charge in [0.05, 0.1) is 30.8 Å². The summed E-state index contributed by atoms with van der Waals surface area (Å²) in [5.41, 5.74) is -0.119. The smallest absolute Gasteiger partial charge is 0.314 e. The number of hydrogen-bond donors (Lipinski definition) is 7. The van der Waals surface area contributed by atoms with Crippen molar-refractivity contribution in [1.29, 1.82) is 0 Å². The van der Waals surface area contributed by atoms with Crippen LogP contribution in [0.15, 0.2) is 23.8 Å². The SMILES string of the molecule is C=C(C)CCC(O)C1(C)OC(=O)C23CCC4C(=CCC5C(C)(C)C(OC6OCC(O)C(O)C6OC6OC(CO)C(O)C(O)C6O)CCC45C)C2(C)CCC13. The lowest BCUT2D eigenvalue weighted by Crippen LogP contribution is -2.64. The van der Waals surface area contributed by atoms with Gasteiger partial charge in [0.25, 0.3) is 0 Å². The van der Waals surface area contributed by atoms with E-state index < -0.39 is 79.0 Å². The first-order valence-corrected chi connectivity index (χ1v) is 20.1. The second kappa shape index (κ2) is 14.1. The Morgan fingerprint density at radius 2 is 1.65 bits per heavy atom. The van der Waals surface area contributed by atoms with Gasteiger partial charge in [0.15, 0.2) is 12.6 Å². The van der Waals surface area contributed by atoms with E-state index in [1.807, 2.05) is 13.8 Å². The minimum Gasteiger partial charge on any atom is -0.456 e. The van der Waals surface area contributed by atoms with Crippen LogP contribution in [0.25, 0.3) is 0 Å². The summed E-state index contributed by atoms with van der Waals surface area (Å²) in [7, 11) is 0. The highest BCUT2D eigenvalue weighted by molar-refractivity contribution is 5.83. The molecule has 3 heterocycles. The van der Waals surface area contributed by atoms with Crippen molar-refractivity contribution < 1.29 is 64.2 Å². The highest BCUT2D eigenvalue weighted by Crippen LogP contribution is 2.76. The maximum Gasteiger partial charge on any atom is 0.314 e. The zero-order valence-corrected chi connectivity index (χ0v) is 32.7. The van der Waals surface area contributed by atoms with Crippen molar-refractivity contribution in [3.63, 3.8) is 0 Å². The summed E-state index contributed by atoms with van der Waals surface area (Å²) >= 11 is 0. The number of aliphatic hydroxyl groups excluding tert-OH is 7. The van der Waals surface area contributed by atoms with Gasteiger partial charge in [-0.25, -0.2) is 0 Å². The molecule has 3 saturated heterocycles. The number of carbonyl (C=O) groups excluding carboxylic acids is 1. The number of esters is 1. The van der Waals surface area contributed by atoms with E-state index in [2.05, 4.69) is 40.3 Å². The van der Waals surface area contributed by atoms with Gasteiger partial charge in [-0.15, -0.1) is 6.58 Å². The molecule has 0 amide bonds. The summed E-state index contributed by atoms with van der Waals surface area (Å²) in [6, 6.07) is 0. The second-order valence-corrected chi connectivity index (χ2v) is 19.1. The van der Waals surface area contributed by atoms with Crippen LogP contribution in [0.2, 0.25) is 0 Å². The van der Waals surface area contributed by atoms with Gasteiger partial charge in [0, 0.05) is 11.3 Å². The van der Waals surface area contributed by atoms with E-state index in [4.69, 9.17) is 23.7 Å². The van der Waals surface area contributed by atoms with Crippen LogP contribution in [-0.2, 0) is 28.5 Å². The molecule has 3 aliphatic heterocycles. The number of fused-ring (bicyclic) bond motifs is 4. The quantitative estimate of drug-likeness (QED) is 0.133. The van der Waals surface area contributed by atoms with Crippen LogP contribution in [0.3, 0.4) is 0 Å². The molecule has 0 aromatic rings. The molecule has 7 N–H and O–H groups in total. The van der Waals surface area contributed by atoms with Crippen molar-refractivity contribution in [1.82, 2.24) is 0 Å². The maximum absolute atomic E-state index is 14.2. The molecular weight excluding hydrogens is 700 g/mol. The van der Waals surface area contributed by atoms with E-state index in [1.54, 1.807) is 0 Å². The van der Waals surface area contributed by atoms with Gasteiger partial charge in [0.1, 0.15) is 48.3 Å². The van der Waals surface area contributed by atoms with Crippen LogP contribution in [0, 0.1) is 39.4 Å². The topological polar surface area (TPSA) is 205 Å². The number of rotatable bonds is 9. The molecule has 13 nitrogen and oxygen atoms in total. The molecule has 13 heteroatoms. The van der Waals surface area contributed by atoms with Crippen molar-refractivity contribution in [3.05, 3.63) is 23.8 Å². The van der Waals surface area contributed by atoms with E-state index in [9.17, 15) is 40.5 Å². The van der Waals surface area contributed by atoms with Crippen LogP contribution in [-0.4, -0.2) is 128 Å². The predicted molar refractivity (Wildman–Crippen MR) is 193 cm³/mol. The van der Waals surface area contributed by atoms with Gasteiger partial charge in [0.2, 0.25) is 0 Å². The Labute approximate surface area is 318 Å². The van der Waals surface area contributed by atoms with Gasteiger partial charge < -0.3 is 59.4 Å². The first kappa shape index (κ1) is 40.7. The molecule has 18 unspecified atom stereocenters. The molecule has 3 saturated carbocycles. The number of cyclic esters (lactones) is 1. The molecule has 7 rings (SSSR count). The molecule has 18 atom stereocenters. The Kier molecular flexibility index (Phi) is 10.6. The van der Waals surface area contributed by atoms with Crippen molar-refractivity contribution in [2.45, 2.75) is 172 Å². The molecule has 0 aromatic heterocycles. The monoisotopic (exact) mass is 764 g/mol. The largest absolute Gasteiger partial charge is 0.456 e.